The van der Waals surface area contributed by atoms with E-state index in [1.165, 1.54) is 11.1 Å². The topological polar surface area (TPSA) is 67.4 Å². The van der Waals surface area contributed by atoms with Crippen LogP contribution in [0.25, 0.3) is 0 Å². The van der Waals surface area contributed by atoms with Gasteiger partial charge in [0.2, 0.25) is 0 Å². The third-order valence-electron chi connectivity index (χ3n) is 4.01. The van der Waals surface area contributed by atoms with Gasteiger partial charge in [-0.2, -0.15) is 0 Å². The van der Waals surface area contributed by atoms with Crippen molar-refractivity contribution in [3.63, 3.8) is 0 Å². The van der Waals surface area contributed by atoms with Crippen molar-refractivity contribution in [3.05, 3.63) is 40.6 Å². The summed E-state index contributed by atoms with van der Waals surface area (Å²) in [5, 5.41) is 5.56. The van der Waals surface area contributed by atoms with E-state index >= 15 is 0 Å². The fourth-order valence-corrected chi connectivity index (χ4v) is 3.50. The molecule has 0 saturated heterocycles. The second-order valence-electron chi connectivity index (χ2n) is 5.71. The monoisotopic (exact) mass is 348 g/mol. The Kier molecular flexibility index (Phi) is 6.31. The van der Waals surface area contributed by atoms with Crippen LogP contribution < -0.4 is 10.6 Å². The first-order chi connectivity index (χ1) is 11.5. The molecule has 0 fully saturated rings. The molecule has 0 unspecified atom stereocenters. The number of hydrogen-bond donors (Lipinski definition) is 2. The number of aryl methyl sites for hydroxylation is 2. The van der Waals surface area contributed by atoms with Crippen LogP contribution >= 0.6 is 11.8 Å². The predicted octanol–water partition coefficient (Wildman–Crippen LogP) is 3.30. The molecule has 0 saturated carbocycles. The molecule has 1 aromatic carbocycles. The predicted molar refractivity (Wildman–Crippen MR) is 96.0 cm³/mol. The van der Waals surface area contributed by atoms with Crippen LogP contribution in [0.2, 0.25) is 0 Å². The lowest BCUT2D eigenvalue weighted by Gasteiger charge is -2.28. The molecule has 6 heteroatoms. The van der Waals surface area contributed by atoms with Gasteiger partial charge >= 0.3 is 12.0 Å². The number of carbonyl (C=O) groups is 2. The molecule has 1 heterocycles. The van der Waals surface area contributed by atoms with E-state index in [0.29, 0.717) is 30.1 Å². The average Bonchev–Trinajstić information content (AvgIpc) is 2.55. The van der Waals surface area contributed by atoms with Crippen LogP contribution in [-0.4, -0.2) is 30.4 Å². The molecule has 0 spiro atoms. The van der Waals surface area contributed by atoms with Crippen LogP contribution in [0.15, 0.2) is 34.4 Å². The molecular formula is C18H24N2O3S. The maximum Gasteiger partial charge on any atom is 0.337 e. The summed E-state index contributed by atoms with van der Waals surface area (Å²) in [6.07, 6.45) is 0.638. The van der Waals surface area contributed by atoms with Gasteiger partial charge in [0, 0.05) is 16.3 Å². The third kappa shape index (κ3) is 4.32. The van der Waals surface area contributed by atoms with Crippen molar-refractivity contribution in [2.75, 3.05) is 12.4 Å². The Morgan fingerprint density at radius 3 is 2.62 bits per heavy atom. The smallest absolute Gasteiger partial charge is 0.337 e. The van der Waals surface area contributed by atoms with Crippen LogP contribution in [0.4, 0.5) is 4.79 Å². The number of hydrogen-bond acceptors (Lipinski definition) is 4. The zero-order valence-electron chi connectivity index (χ0n) is 14.6. The first-order valence-electron chi connectivity index (χ1n) is 8.14. The lowest BCUT2D eigenvalue weighted by Crippen LogP contribution is -2.50. The van der Waals surface area contributed by atoms with E-state index in [4.69, 9.17) is 4.74 Å². The molecule has 1 aliphatic rings. The van der Waals surface area contributed by atoms with Crippen molar-refractivity contribution in [3.8, 4) is 0 Å². The van der Waals surface area contributed by atoms with Gasteiger partial charge in [-0.05, 0) is 50.5 Å². The minimum absolute atomic E-state index is 0.273. The molecule has 5 nitrogen and oxygen atoms in total. The quantitative estimate of drug-likeness (QED) is 0.611. The normalized spacial score (nSPS) is 17.3. The number of thioether (sulfide) groups is 1. The van der Waals surface area contributed by atoms with Crippen molar-refractivity contribution in [2.45, 2.75) is 45.1 Å². The van der Waals surface area contributed by atoms with E-state index in [-0.39, 0.29) is 18.0 Å². The van der Waals surface area contributed by atoms with Gasteiger partial charge in [-0.1, -0.05) is 13.0 Å². The molecule has 1 aromatic rings. The summed E-state index contributed by atoms with van der Waals surface area (Å²) in [6, 6.07) is 5.66. The first-order valence-corrected chi connectivity index (χ1v) is 9.12. The average molecular weight is 348 g/mol. The second kappa shape index (κ2) is 8.24. The van der Waals surface area contributed by atoms with E-state index in [1.807, 2.05) is 6.92 Å². The molecule has 24 heavy (non-hydrogen) atoms. The second-order valence-corrected chi connectivity index (χ2v) is 6.76. The van der Waals surface area contributed by atoms with Gasteiger partial charge in [-0.15, -0.1) is 11.8 Å². The molecule has 0 radical (unpaired) electrons. The maximum absolute atomic E-state index is 12.3. The zero-order chi connectivity index (χ0) is 17.7. The number of urea groups is 1. The molecule has 2 rings (SSSR count). The summed E-state index contributed by atoms with van der Waals surface area (Å²) < 4.78 is 5.17. The highest BCUT2D eigenvalue weighted by Gasteiger charge is 2.31. The SMILES string of the molecule is CCOC(=O)C1=C(CSc2ccc(C)c(C)c2)NC(=O)N[C@@H]1CC. The minimum Gasteiger partial charge on any atom is -0.463 e. The Hall–Kier alpha value is -1.95. The van der Waals surface area contributed by atoms with Crippen molar-refractivity contribution < 1.29 is 14.3 Å². The molecule has 0 aromatic heterocycles. The van der Waals surface area contributed by atoms with Gasteiger partial charge in [0.1, 0.15) is 0 Å². The molecule has 0 bridgehead atoms. The molecule has 130 valence electrons. The van der Waals surface area contributed by atoms with E-state index in [1.54, 1.807) is 18.7 Å². The van der Waals surface area contributed by atoms with E-state index in [2.05, 4.69) is 42.7 Å². The number of carbonyl (C=O) groups excluding carboxylic acids is 2. The highest BCUT2D eigenvalue weighted by Crippen LogP contribution is 2.26. The highest BCUT2D eigenvalue weighted by atomic mass is 32.2. The summed E-state index contributed by atoms with van der Waals surface area (Å²) in [5.74, 6) is 0.146. The molecular weight excluding hydrogens is 324 g/mol. The van der Waals surface area contributed by atoms with Gasteiger partial charge in [-0.3, -0.25) is 0 Å². The number of rotatable bonds is 6. The lowest BCUT2D eigenvalue weighted by atomic mass is 10.0. The van der Waals surface area contributed by atoms with Crippen LogP contribution in [0.3, 0.4) is 0 Å². The molecule has 2 N–H and O–H groups in total. The van der Waals surface area contributed by atoms with Gasteiger partial charge in [0.05, 0.1) is 18.2 Å². The van der Waals surface area contributed by atoms with E-state index in [9.17, 15) is 9.59 Å². The van der Waals surface area contributed by atoms with Gasteiger partial charge in [-0.25, -0.2) is 9.59 Å². The number of nitrogens with one attached hydrogen (secondary N) is 2. The van der Waals surface area contributed by atoms with Crippen LogP contribution in [0.1, 0.15) is 31.4 Å². The summed E-state index contributed by atoms with van der Waals surface area (Å²) in [7, 11) is 0. The Morgan fingerprint density at radius 1 is 1.25 bits per heavy atom. The largest absolute Gasteiger partial charge is 0.463 e. The fourth-order valence-electron chi connectivity index (χ4n) is 2.53. The van der Waals surface area contributed by atoms with Gasteiger partial charge < -0.3 is 15.4 Å². The summed E-state index contributed by atoms with van der Waals surface area (Å²) in [4.78, 5) is 25.3. The van der Waals surface area contributed by atoms with E-state index in [0.717, 1.165) is 4.90 Å². The van der Waals surface area contributed by atoms with Crippen molar-refractivity contribution in [1.82, 2.24) is 10.6 Å². The van der Waals surface area contributed by atoms with Gasteiger partial charge in [0.15, 0.2) is 0 Å². The fraction of sp³-hybridized carbons (Fsp3) is 0.444. The minimum atomic E-state index is -0.368. The summed E-state index contributed by atoms with van der Waals surface area (Å²) in [5.41, 5.74) is 3.62. The van der Waals surface area contributed by atoms with Gasteiger partial charge in [0.25, 0.3) is 0 Å². The highest BCUT2D eigenvalue weighted by molar-refractivity contribution is 7.99. The summed E-state index contributed by atoms with van der Waals surface area (Å²) >= 11 is 1.60. The Balaban J connectivity index is 2.24. The van der Waals surface area contributed by atoms with Crippen LogP contribution in [0, 0.1) is 13.8 Å². The van der Waals surface area contributed by atoms with Crippen LogP contribution in [-0.2, 0) is 9.53 Å². The Bertz CT molecular complexity index is 670. The third-order valence-corrected chi connectivity index (χ3v) is 5.03. The molecule has 0 aliphatic carbocycles. The zero-order valence-corrected chi connectivity index (χ0v) is 15.4. The first kappa shape index (κ1) is 18.4. The Morgan fingerprint density at radius 2 is 2.00 bits per heavy atom. The van der Waals surface area contributed by atoms with Crippen molar-refractivity contribution >= 4 is 23.8 Å². The number of amides is 2. The Labute approximate surface area is 147 Å². The number of esters is 1. The maximum atomic E-state index is 12.3. The van der Waals surface area contributed by atoms with E-state index < -0.39 is 0 Å². The molecule has 2 amide bonds. The number of benzene rings is 1. The standard InChI is InChI=1S/C18H24N2O3S/c1-5-14-16(17(21)23-6-2)15(20-18(22)19-14)10-24-13-8-7-11(3)12(4)9-13/h7-9,14H,5-6,10H2,1-4H3,(H2,19,20,22)/t14-/m1/s1. The number of ether oxygens (including phenoxy) is 1. The summed E-state index contributed by atoms with van der Waals surface area (Å²) in [6.45, 7) is 8.16. The lowest BCUT2D eigenvalue weighted by molar-refractivity contribution is -0.139. The van der Waals surface area contributed by atoms with Crippen molar-refractivity contribution in [1.29, 1.82) is 0 Å². The molecule has 1 aliphatic heterocycles. The molecule has 1 atom stereocenters. The van der Waals surface area contributed by atoms with Crippen molar-refractivity contribution in [2.24, 2.45) is 0 Å². The van der Waals surface area contributed by atoms with Crippen LogP contribution in [0.5, 0.6) is 0 Å².